The standard InChI is InChI=1S/C16H14O3S/c1-12-5-4-6-14(9-12)20(17,18)11-13-10-19-16-8-3-2-7-15(13)16/h2-10H,11H2,1H3. The van der Waals surface area contributed by atoms with E-state index in [2.05, 4.69) is 0 Å². The van der Waals surface area contributed by atoms with Crippen LogP contribution in [-0.2, 0) is 15.6 Å². The Bertz CT molecular complexity index is 860. The van der Waals surface area contributed by atoms with Gasteiger partial charge in [0.05, 0.1) is 16.9 Å². The molecule has 0 atom stereocenters. The van der Waals surface area contributed by atoms with Crippen molar-refractivity contribution in [3.05, 3.63) is 65.9 Å². The third-order valence-corrected chi connectivity index (χ3v) is 4.92. The summed E-state index contributed by atoms with van der Waals surface area (Å²) in [5.41, 5.74) is 2.34. The summed E-state index contributed by atoms with van der Waals surface area (Å²) in [6, 6.07) is 14.4. The number of benzene rings is 2. The maximum absolute atomic E-state index is 12.5. The zero-order valence-corrected chi connectivity index (χ0v) is 11.9. The quantitative estimate of drug-likeness (QED) is 0.737. The van der Waals surface area contributed by atoms with Crippen molar-refractivity contribution >= 4 is 20.8 Å². The molecule has 0 saturated heterocycles. The first-order chi connectivity index (χ1) is 9.56. The fraction of sp³-hybridized carbons (Fsp3) is 0.125. The van der Waals surface area contributed by atoms with Gasteiger partial charge in [-0.1, -0.05) is 30.3 Å². The van der Waals surface area contributed by atoms with Gasteiger partial charge in [-0.2, -0.15) is 0 Å². The molecule has 0 fully saturated rings. The SMILES string of the molecule is Cc1cccc(S(=O)(=O)Cc2coc3ccccc23)c1. The Morgan fingerprint density at radius 3 is 2.65 bits per heavy atom. The minimum atomic E-state index is -3.36. The van der Waals surface area contributed by atoms with Gasteiger partial charge >= 0.3 is 0 Å². The summed E-state index contributed by atoms with van der Waals surface area (Å²) in [4.78, 5) is 0.350. The Kier molecular flexibility index (Phi) is 3.10. The van der Waals surface area contributed by atoms with Crippen LogP contribution in [0.1, 0.15) is 11.1 Å². The van der Waals surface area contributed by atoms with Crippen LogP contribution in [0.4, 0.5) is 0 Å². The second kappa shape index (κ2) is 4.80. The van der Waals surface area contributed by atoms with Gasteiger partial charge in [0, 0.05) is 10.9 Å². The van der Waals surface area contributed by atoms with Gasteiger partial charge in [0.1, 0.15) is 5.58 Å². The zero-order chi connectivity index (χ0) is 14.2. The van der Waals surface area contributed by atoms with Crippen molar-refractivity contribution in [1.82, 2.24) is 0 Å². The van der Waals surface area contributed by atoms with Crippen molar-refractivity contribution in [3.8, 4) is 0 Å². The number of hydrogen-bond acceptors (Lipinski definition) is 3. The third-order valence-electron chi connectivity index (χ3n) is 3.26. The number of hydrogen-bond donors (Lipinski definition) is 0. The van der Waals surface area contributed by atoms with E-state index in [0.29, 0.717) is 16.0 Å². The first kappa shape index (κ1) is 12.9. The highest BCUT2D eigenvalue weighted by atomic mass is 32.2. The van der Waals surface area contributed by atoms with Gasteiger partial charge in [-0.05, 0) is 30.7 Å². The minimum Gasteiger partial charge on any atom is -0.464 e. The first-order valence-corrected chi connectivity index (χ1v) is 7.96. The highest BCUT2D eigenvalue weighted by Crippen LogP contribution is 2.25. The van der Waals surface area contributed by atoms with Gasteiger partial charge in [0.2, 0.25) is 0 Å². The minimum absolute atomic E-state index is 0.0481. The molecular weight excluding hydrogens is 272 g/mol. The molecule has 0 N–H and O–H groups in total. The molecule has 4 heteroatoms. The van der Waals surface area contributed by atoms with E-state index in [-0.39, 0.29) is 5.75 Å². The average Bonchev–Trinajstić information content (AvgIpc) is 2.82. The second-order valence-electron chi connectivity index (χ2n) is 4.83. The van der Waals surface area contributed by atoms with Crippen LogP contribution < -0.4 is 0 Å². The molecular formula is C16H14O3S. The van der Waals surface area contributed by atoms with E-state index in [1.165, 1.54) is 6.26 Å². The molecule has 20 heavy (non-hydrogen) atoms. The van der Waals surface area contributed by atoms with E-state index in [0.717, 1.165) is 10.9 Å². The fourth-order valence-corrected chi connectivity index (χ4v) is 3.69. The van der Waals surface area contributed by atoms with Crippen molar-refractivity contribution in [2.75, 3.05) is 0 Å². The molecule has 3 aromatic rings. The summed E-state index contributed by atoms with van der Waals surface area (Å²) in [6.07, 6.45) is 1.53. The van der Waals surface area contributed by atoms with Gasteiger partial charge in [-0.25, -0.2) is 8.42 Å². The van der Waals surface area contributed by atoms with Crippen molar-refractivity contribution in [2.24, 2.45) is 0 Å². The van der Waals surface area contributed by atoms with Gasteiger partial charge in [-0.3, -0.25) is 0 Å². The fourth-order valence-electron chi connectivity index (χ4n) is 2.24. The monoisotopic (exact) mass is 286 g/mol. The van der Waals surface area contributed by atoms with Crippen molar-refractivity contribution < 1.29 is 12.8 Å². The number of rotatable bonds is 3. The largest absolute Gasteiger partial charge is 0.464 e. The van der Waals surface area contributed by atoms with E-state index < -0.39 is 9.84 Å². The lowest BCUT2D eigenvalue weighted by Crippen LogP contribution is -2.04. The molecule has 0 bridgehead atoms. The molecule has 0 amide bonds. The van der Waals surface area contributed by atoms with Crippen LogP contribution in [-0.4, -0.2) is 8.42 Å². The van der Waals surface area contributed by atoms with Crippen LogP contribution in [0.2, 0.25) is 0 Å². The lowest BCUT2D eigenvalue weighted by Gasteiger charge is -2.04. The van der Waals surface area contributed by atoms with Gasteiger partial charge in [-0.15, -0.1) is 0 Å². The number of fused-ring (bicyclic) bond motifs is 1. The maximum Gasteiger partial charge on any atom is 0.182 e. The molecule has 0 unspecified atom stereocenters. The van der Waals surface area contributed by atoms with Crippen molar-refractivity contribution in [1.29, 1.82) is 0 Å². The molecule has 1 heterocycles. The number of aryl methyl sites for hydroxylation is 1. The Morgan fingerprint density at radius 1 is 1.05 bits per heavy atom. The normalized spacial score (nSPS) is 11.8. The highest BCUT2D eigenvalue weighted by Gasteiger charge is 2.18. The topological polar surface area (TPSA) is 47.3 Å². The maximum atomic E-state index is 12.5. The Balaban J connectivity index is 2.02. The summed E-state index contributed by atoms with van der Waals surface area (Å²) in [5.74, 6) is -0.0481. The highest BCUT2D eigenvalue weighted by molar-refractivity contribution is 7.90. The van der Waals surface area contributed by atoms with Crippen LogP contribution in [0.15, 0.2) is 64.1 Å². The van der Waals surface area contributed by atoms with Crippen molar-refractivity contribution in [3.63, 3.8) is 0 Å². The van der Waals surface area contributed by atoms with E-state index in [1.54, 1.807) is 18.2 Å². The van der Waals surface area contributed by atoms with Crippen LogP contribution in [0.25, 0.3) is 11.0 Å². The summed E-state index contributed by atoms with van der Waals surface area (Å²) in [5, 5.41) is 0.851. The van der Waals surface area contributed by atoms with Gasteiger partial charge < -0.3 is 4.42 Å². The van der Waals surface area contributed by atoms with Crippen molar-refractivity contribution in [2.45, 2.75) is 17.6 Å². The zero-order valence-electron chi connectivity index (χ0n) is 11.0. The van der Waals surface area contributed by atoms with E-state index in [9.17, 15) is 8.42 Å². The van der Waals surface area contributed by atoms with Crippen LogP contribution in [0, 0.1) is 6.92 Å². The van der Waals surface area contributed by atoms with Gasteiger partial charge in [0.25, 0.3) is 0 Å². The molecule has 0 aliphatic carbocycles. The van der Waals surface area contributed by atoms with Gasteiger partial charge in [0.15, 0.2) is 9.84 Å². The Morgan fingerprint density at radius 2 is 1.85 bits per heavy atom. The van der Waals surface area contributed by atoms with Crippen LogP contribution in [0.3, 0.4) is 0 Å². The molecule has 0 saturated carbocycles. The third kappa shape index (κ3) is 2.34. The summed E-state index contributed by atoms with van der Waals surface area (Å²) in [6.45, 7) is 1.88. The summed E-state index contributed by atoms with van der Waals surface area (Å²) < 4.78 is 30.3. The molecule has 0 aliphatic rings. The molecule has 102 valence electrons. The molecule has 3 rings (SSSR count). The molecule has 1 aromatic heterocycles. The van der Waals surface area contributed by atoms with E-state index in [4.69, 9.17) is 4.42 Å². The number of sulfone groups is 1. The van der Waals surface area contributed by atoms with E-state index >= 15 is 0 Å². The summed E-state index contributed by atoms with van der Waals surface area (Å²) >= 11 is 0. The second-order valence-corrected chi connectivity index (χ2v) is 6.82. The van der Waals surface area contributed by atoms with Crippen LogP contribution in [0.5, 0.6) is 0 Å². The molecule has 0 radical (unpaired) electrons. The Hall–Kier alpha value is -2.07. The predicted octanol–water partition coefficient (Wildman–Crippen LogP) is 3.72. The molecule has 2 aromatic carbocycles. The number of furan rings is 1. The predicted molar refractivity (Wildman–Crippen MR) is 78.3 cm³/mol. The molecule has 0 spiro atoms. The van der Waals surface area contributed by atoms with Crippen LogP contribution >= 0.6 is 0 Å². The lowest BCUT2D eigenvalue weighted by atomic mass is 10.2. The lowest BCUT2D eigenvalue weighted by molar-refractivity contribution is 0.591. The molecule has 3 nitrogen and oxygen atoms in total. The average molecular weight is 286 g/mol. The smallest absolute Gasteiger partial charge is 0.182 e. The summed E-state index contributed by atoms with van der Waals surface area (Å²) in [7, 11) is -3.36. The Labute approximate surface area is 117 Å². The van der Waals surface area contributed by atoms with E-state index in [1.807, 2.05) is 37.3 Å². The first-order valence-electron chi connectivity index (χ1n) is 6.31. The molecule has 0 aliphatic heterocycles. The number of para-hydroxylation sites is 1.